The zero-order valence-corrected chi connectivity index (χ0v) is 2.55. The van der Waals surface area contributed by atoms with Crippen LogP contribution in [0.15, 0.2) is 5.16 Å². The fourth-order valence-electron chi connectivity index (χ4n) is 0.0333. The van der Waals surface area contributed by atoms with Gasteiger partial charge < -0.3 is 5.21 Å². The molecule has 0 fully saturated rings. The van der Waals surface area contributed by atoms with Crippen LogP contribution in [0.1, 0.15) is 0 Å². The fraction of sp³-hybridized carbons (Fsp3) is 0. The molecule has 0 aliphatic carbocycles. The van der Waals surface area contributed by atoms with Crippen LogP contribution in [0, 0.1) is 12.3 Å². The highest BCUT2D eigenvalue weighted by Gasteiger charge is 1.43. The summed E-state index contributed by atoms with van der Waals surface area (Å²) in [5.74, 6) is 1.98. The summed E-state index contributed by atoms with van der Waals surface area (Å²) >= 11 is 0. The van der Waals surface area contributed by atoms with Crippen LogP contribution in [0.2, 0.25) is 0 Å². The number of rotatable bonds is 0. The molecule has 0 amide bonds. The number of terminal acetylenes is 1. The second kappa shape index (κ2) is 3.03. The summed E-state index contributed by atoms with van der Waals surface area (Å²) in [7, 11) is 0. The van der Waals surface area contributed by atoms with E-state index in [9.17, 15) is 0 Å². The number of hydrogen-bond donors (Lipinski definition) is 1. The second-order valence-electron chi connectivity index (χ2n) is 0.411. The van der Waals surface area contributed by atoms with E-state index in [1.165, 1.54) is 0 Å². The van der Waals surface area contributed by atoms with E-state index in [1.54, 1.807) is 0 Å². The summed E-state index contributed by atoms with van der Waals surface area (Å²) in [5, 5.41) is 9.99. The van der Waals surface area contributed by atoms with Gasteiger partial charge in [-0.3, -0.25) is 0 Å². The molecule has 1 N–H and O–H groups in total. The normalized spacial score (nSPS) is 7.80. The van der Waals surface area contributed by atoms with E-state index in [2.05, 4.69) is 11.6 Å². The minimum absolute atomic E-state index is 0.958. The van der Waals surface area contributed by atoms with Crippen LogP contribution in [0.5, 0.6) is 0 Å². The SMILES string of the molecule is C#C/C=N\O. The summed E-state index contributed by atoms with van der Waals surface area (Å²) < 4.78 is 0. The minimum atomic E-state index is 0.958. The molecule has 2 nitrogen and oxygen atoms in total. The largest absolute Gasteiger partial charge is 0.410 e. The molecular formula is C3H3NO. The molecule has 0 atom stereocenters. The van der Waals surface area contributed by atoms with Crippen LogP contribution in [0.4, 0.5) is 0 Å². The van der Waals surface area contributed by atoms with Crippen LogP contribution in [-0.2, 0) is 0 Å². The molecule has 0 heterocycles. The quantitative estimate of drug-likeness (QED) is 0.186. The van der Waals surface area contributed by atoms with Gasteiger partial charge in [-0.25, -0.2) is 0 Å². The Kier molecular flexibility index (Phi) is 2.44. The van der Waals surface area contributed by atoms with Crippen LogP contribution in [0.3, 0.4) is 0 Å². The first-order valence-corrected chi connectivity index (χ1v) is 1.04. The van der Waals surface area contributed by atoms with Crippen molar-refractivity contribution in [1.29, 1.82) is 0 Å². The maximum atomic E-state index is 7.49. The van der Waals surface area contributed by atoms with Gasteiger partial charge in [0.25, 0.3) is 0 Å². The van der Waals surface area contributed by atoms with Crippen LogP contribution < -0.4 is 0 Å². The fourth-order valence-corrected chi connectivity index (χ4v) is 0.0333. The van der Waals surface area contributed by atoms with Crippen molar-refractivity contribution in [2.75, 3.05) is 0 Å². The molecule has 26 valence electrons. The smallest absolute Gasteiger partial charge is 0.116 e. The Hall–Kier alpha value is -0.970. The van der Waals surface area contributed by atoms with Crippen LogP contribution in [0.25, 0.3) is 0 Å². The number of hydrogen-bond acceptors (Lipinski definition) is 2. The second-order valence-corrected chi connectivity index (χ2v) is 0.411. The molecule has 0 unspecified atom stereocenters. The first-order valence-electron chi connectivity index (χ1n) is 1.04. The summed E-state index contributed by atoms with van der Waals surface area (Å²) in [5.41, 5.74) is 0. The van der Waals surface area contributed by atoms with Gasteiger partial charge in [-0.15, -0.1) is 6.42 Å². The third-order valence-corrected chi connectivity index (χ3v) is 0.132. The molecule has 0 aliphatic rings. The first-order chi connectivity index (χ1) is 2.41. The lowest BCUT2D eigenvalue weighted by Gasteiger charge is -1.55. The maximum absolute atomic E-state index is 7.49. The van der Waals surface area contributed by atoms with Gasteiger partial charge in [-0.05, 0) is 0 Å². The lowest BCUT2D eigenvalue weighted by atomic mass is 10.8. The summed E-state index contributed by atoms with van der Waals surface area (Å²) in [6.45, 7) is 0. The monoisotopic (exact) mass is 69.0 g/mol. The highest BCUT2D eigenvalue weighted by Crippen LogP contribution is 1.40. The van der Waals surface area contributed by atoms with Gasteiger partial charge in [0.1, 0.15) is 6.21 Å². The third-order valence-electron chi connectivity index (χ3n) is 0.132. The van der Waals surface area contributed by atoms with Crippen molar-refractivity contribution in [2.24, 2.45) is 5.16 Å². The van der Waals surface area contributed by atoms with E-state index in [4.69, 9.17) is 5.21 Å². The average Bonchev–Trinajstić information content (AvgIpc) is 1.41. The molecule has 2 heteroatoms. The average molecular weight is 69.1 g/mol. The van der Waals surface area contributed by atoms with Gasteiger partial charge >= 0.3 is 0 Å². The molecule has 0 aliphatic heterocycles. The molecule has 0 aromatic rings. The standard InChI is InChI=1S/C3H3NO/c1-2-3-4-5/h1,3,5H/b4-3-. The maximum Gasteiger partial charge on any atom is 0.116 e. The van der Waals surface area contributed by atoms with Crippen molar-refractivity contribution in [3.63, 3.8) is 0 Å². The molecule has 0 saturated carbocycles. The number of nitrogens with zero attached hydrogens (tertiary/aromatic N) is 1. The van der Waals surface area contributed by atoms with Crippen molar-refractivity contribution >= 4 is 6.21 Å². The summed E-state index contributed by atoms with van der Waals surface area (Å²) in [4.78, 5) is 0. The summed E-state index contributed by atoms with van der Waals surface area (Å²) in [6, 6.07) is 0. The molecule has 0 spiro atoms. The molecule has 5 heavy (non-hydrogen) atoms. The van der Waals surface area contributed by atoms with Gasteiger partial charge in [0.05, 0.1) is 0 Å². The van der Waals surface area contributed by atoms with E-state index in [0.29, 0.717) is 0 Å². The van der Waals surface area contributed by atoms with E-state index in [-0.39, 0.29) is 0 Å². The molecular weight excluding hydrogens is 66.0 g/mol. The Morgan fingerprint density at radius 3 is 2.60 bits per heavy atom. The Bertz CT molecular complexity index is 69.5. The van der Waals surface area contributed by atoms with Gasteiger partial charge in [0.15, 0.2) is 0 Å². The van der Waals surface area contributed by atoms with Gasteiger partial charge in [-0.2, -0.15) is 0 Å². The van der Waals surface area contributed by atoms with Gasteiger partial charge in [-0.1, -0.05) is 11.1 Å². The lowest BCUT2D eigenvalue weighted by Crippen LogP contribution is -1.55. The van der Waals surface area contributed by atoms with E-state index < -0.39 is 0 Å². The predicted octanol–water partition coefficient (Wildman–Crippen LogP) is 0.0796. The molecule has 0 rings (SSSR count). The van der Waals surface area contributed by atoms with E-state index >= 15 is 0 Å². The van der Waals surface area contributed by atoms with Crippen molar-refractivity contribution in [3.05, 3.63) is 0 Å². The van der Waals surface area contributed by atoms with E-state index in [1.807, 2.05) is 5.92 Å². The molecule has 0 aromatic carbocycles. The molecule has 0 aromatic heterocycles. The highest BCUT2D eigenvalue weighted by molar-refractivity contribution is 5.76. The van der Waals surface area contributed by atoms with Crippen molar-refractivity contribution in [1.82, 2.24) is 0 Å². The predicted molar refractivity (Wildman–Crippen MR) is 19.1 cm³/mol. The first kappa shape index (κ1) is 4.03. The molecule has 0 bridgehead atoms. The minimum Gasteiger partial charge on any atom is -0.410 e. The topological polar surface area (TPSA) is 32.6 Å². The van der Waals surface area contributed by atoms with Crippen LogP contribution in [-0.4, -0.2) is 11.4 Å². The van der Waals surface area contributed by atoms with Gasteiger partial charge in [0, 0.05) is 0 Å². The zero-order valence-electron chi connectivity index (χ0n) is 2.55. The zero-order chi connectivity index (χ0) is 4.12. The van der Waals surface area contributed by atoms with Crippen LogP contribution >= 0.6 is 0 Å². The third kappa shape index (κ3) is 3.03. The van der Waals surface area contributed by atoms with Crippen molar-refractivity contribution in [2.45, 2.75) is 0 Å². The van der Waals surface area contributed by atoms with Crippen molar-refractivity contribution in [3.8, 4) is 12.3 Å². The Morgan fingerprint density at radius 2 is 2.60 bits per heavy atom. The van der Waals surface area contributed by atoms with Gasteiger partial charge in [0.2, 0.25) is 0 Å². The molecule has 0 radical (unpaired) electrons. The lowest BCUT2D eigenvalue weighted by molar-refractivity contribution is 0.322. The Balaban J connectivity index is 3.04. The van der Waals surface area contributed by atoms with E-state index in [0.717, 1.165) is 6.21 Å². The summed E-state index contributed by atoms with van der Waals surface area (Å²) in [6.07, 6.45) is 5.54. The Morgan fingerprint density at radius 1 is 2.00 bits per heavy atom. The Labute approximate surface area is 30.1 Å². The molecule has 0 saturated heterocycles. The number of oxime groups is 1. The van der Waals surface area contributed by atoms with Crippen molar-refractivity contribution < 1.29 is 5.21 Å². The highest BCUT2D eigenvalue weighted by atomic mass is 16.4.